The molecule has 136 valence electrons. The van der Waals surface area contributed by atoms with Crippen molar-refractivity contribution in [1.82, 2.24) is 19.9 Å². The number of carbonyl (C=O) groups is 1. The van der Waals surface area contributed by atoms with Crippen LogP contribution in [0.2, 0.25) is 0 Å². The molecule has 3 aromatic heterocycles. The molecule has 1 amide bonds. The molecule has 27 heavy (non-hydrogen) atoms. The van der Waals surface area contributed by atoms with E-state index in [-0.39, 0.29) is 5.91 Å². The summed E-state index contributed by atoms with van der Waals surface area (Å²) < 4.78 is 7.48. The number of anilines is 1. The van der Waals surface area contributed by atoms with E-state index in [9.17, 15) is 4.79 Å². The lowest BCUT2D eigenvalue weighted by Crippen LogP contribution is -2.28. The molecular formula is C20H19N5O2. The van der Waals surface area contributed by atoms with E-state index in [1.165, 1.54) is 0 Å². The van der Waals surface area contributed by atoms with Crippen molar-refractivity contribution in [1.29, 1.82) is 0 Å². The van der Waals surface area contributed by atoms with Gasteiger partial charge < -0.3 is 19.6 Å². The first-order valence-electron chi connectivity index (χ1n) is 8.69. The Morgan fingerprint density at radius 1 is 1.07 bits per heavy atom. The van der Waals surface area contributed by atoms with E-state index in [1.807, 2.05) is 66.3 Å². The Bertz CT molecular complexity index is 1040. The van der Waals surface area contributed by atoms with Crippen molar-refractivity contribution < 1.29 is 9.21 Å². The summed E-state index contributed by atoms with van der Waals surface area (Å²) in [5, 5.41) is 6.97. The van der Waals surface area contributed by atoms with Crippen molar-refractivity contribution in [2.75, 3.05) is 18.4 Å². The number of nitrogens with zero attached hydrogens (tertiary/aromatic N) is 3. The molecular weight excluding hydrogens is 342 g/mol. The summed E-state index contributed by atoms with van der Waals surface area (Å²) in [5.74, 6) is 2.25. The van der Waals surface area contributed by atoms with Gasteiger partial charge in [0, 0.05) is 36.9 Å². The number of benzene rings is 1. The molecule has 7 heteroatoms. The summed E-state index contributed by atoms with van der Waals surface area (Å²) in [6.07, 6.45) is 3.86. The van der Waals surface area contributed by atoms with Gasteiger partial charge in [0.25, 0.3) is 5.91 Å². The van der Waals surface area contributed by atoms with Crippen LogP contribution < -0.4 is 10.6 Å². The molecule has 7 nitrogen and oxygen atoms in total. The number of para-hydroxylation sites is 1. The van der Waals surface area contributed by atoms with Crippen LogP contribution in [0.15, 0.2) is 65.3 Å². The third-order valence-electron chi connectivity index (χ3n) is 4.06. The number of fused-ring (bicyclic) bond motifs is 1. The van der Waals surface area contributed by atoms with Crippen molar-refractivity contribution in [3.63, 3.8) is 0 Å². The maximum Gasteiger partial charge on any atom is 0.287 e. The molecule has 4 rings (SSSR count). The zero-order valence-corrected chi connectivity index (χ0v) is 14.8. The van der Waals surface area contributed by atoms with Crippen molar-refractivity contribution in [3.8, 4) is 5.82 Å². The van der Waals surface area contributed by atoms with Crippen LogP contribution in [0.3, 0.4) is 0 Å². The largest absolute Gasteiger partial charge is 0.451 e. The number of rotatable bonds is 6. The topological polar surface area (TPSA) is 85.0 Å². The summed E-state index contributed by atoms with van der Waals surface area (Å²) >= 11 is 0. The zero-order valence-electron chi connectivity index (χ0n) is 14.8. The lowest BCUT2D eigenvalue weighted by Gasteiger charge is -2.09. The molecule has 0 unspecified atom stereocenters. The van der Waals surface area contributed by atoms with Gasteiger partial charge in [-0.15, -0.1) is 0 Å². The van der Waals surface area contributed by atoms with Crippen molar-refractivity contribution in [2.45, 2.75) is 6.92 Å². The van der Waals surface area contributed by atoms with Gasteiger partial charge in [0.1, 0.15) is 23.0 Å². The summed E-state index contributed by atoms with van der Waals surface area (Å²) in [4.78, 5) is 21.0. The van der Waals surface area contributed by atoms with Crippen molar-refractivity contribution >= 4 is 22.7 Å². The number of amides is 1. The van der Waals surface area contributed by atoms with E-state index in [1.54, 1.807) is 6.07 Å². The second kappa shape index (κ2) is 7.33. The minimum absolute atomic E-state index is 0.236. The molecule has 0 aliphatic rings. The van der Waals surface area contributed by atoms with Crippen LogP contribution in [-0.2, 0) is 0 Å². The predicted octanol–water partition coefficient (Wildman–Crippen LogP) is 3.16. The fourth-order valence-corrected chi connectivity index (χ4v) is 2.81. The third-order valence-corrected chi connectivity index (χ3v) is 4.06. The standard InChI is InChI=1S/C20H19N5O2/c1-14-23-18(13-19(24-14)25-10-4-5-11-25)21-8-9-22-20(26)17-12-15-6-2-3-7-16(15)27-17/h2-7,10-13H,8-9H2,1H3,(H,22,26)(H,21,23,24). The molecule has 0 fully saturated rings. The average molecular weight is 361 g/mol. The quantitative estimate of drug-likeness (QED) is 0.515. The molecule has 0 saturated heterocycles. The van der Waals surface area contributed by atoms with Crippen LogP contribution in [0.4, 0.5) is 5.82 Å². The lowest BCUT2D eigenvalue weighted by atomic mass is 10.2. The number of aromatic nitrogens is 3. The van der Waals surface area contributed by atoms with E-state index in [0.29, 0.717) is 36.1 Å². The number of nitrogens with one attached hydrogen (secondary N) is 2. The fraction of sp³-hybridized carbons (Fsp3) is 0.150. The van der Waals surface area contributed by atoms with Gasteiger partial charge in [0.05, 0.1) is 0 Å². The van der Waals surface area contributed by atoms with E-state index in [4.69, 9.17) is 4.42 Å². The molecule has 0 atom stereocenters. The van der Waals surface area contributed by atoms with Gasteiger partial charge in [-0.25, -0.2) is 9.97 Å². The Balaban J connectivity index is 1.34. The van der Waals surface area contributed by atoms with E-state index in [2.05, 4.69) is 20.6 Å². The number of hydrogen-bond acceptors (Lipinski definition) is 5. The van der Waals surface area contributed by atoms with Crippen molar-refractivity contribution in [2.24, 2.45) is 0 Å². The molecule has 1 aromatic carbocycles. The predicted molar refractivity (Wildman–Crippen MR) is 103 cm³/mol. The Morgan fingerprint density at radius 3 is 2.70 bits per heavy atom. The minimum Gasteiger partial charge on any atom is -0.451 e. The number of carbonyl (C=O) groups excluding carboxylic acids is 1. The number of hydrogen-bond donors (Lipinski definition) is 2. The van der Waals surface area contributed by atoms with Gasteiger partial charge in [-0.3, -0.25) is 4.79 Å². The maximum atomic E-state index is 12.2. The van der Waals surface area contributed by atoms with Crippen LogP contribution in [0.5, 0.6) is 0 Å². The summed E-state index contributed by atoms with van der Waals surface area (Å²) in [6.45, 7) is 2.83. The fourth-order valence-electron chi connectivity index (χ4n) is 2.81. The molecule has 2 N–H and O–H groups in total. The monoisotopic (exact) mass is 361 g/mol. The van der Waals surface area contributed by atoms with E-state index >= 15 is 0 Å². The van der Waals surface area contributed by atoms with Gasteiger partial charge in [0.2, 0.25) is 0 Å². The number of furan rings is 1. The Labute approximate surface area is 156 Å². The molecule has 0 bridgehead atoms. The smallest absolute Gasteiger partial charge is 0.287 e. The molecule has 0 aliphatic heterocycles. The van der Waals surface area contributed by atoms with Gasteiger partial charge in [-0.1, -0.05) is 18.2 Å². The average Bonchev–Trinajstić information content (AvgIpc) is 3.34. The highest BCUT2D eigenvalue weighted by Gasteiger charge is 2.11. The van der Waals surface area contributed by atoms with Crippen molar-refractivity contribution in [3.05, 3.63) is 72.5 Å². The third kappa shape index (κ3) is 3.82. The normalized spacial score (nSPS) is 10.9. The van der Waals surface area contributed by atoms with Crippen LogP contribution in [0, 0.1) is 6.92 Å². The van der Waals surface area contributed by atoms with E-state index < -0.39 is 0 Å². The number of aryl methyl sites for hydroxylation is 1. The molecule has 0 radical (unpaired) electrons. The molecule has 3 heterocycles. The SMILES string of the molecule is Cc1nc(NCCNC(=O)c2cc3ccccc3o2)cc(-n2cccc2)n1. The molecule has 0 saturated carbocycles. The van der Waals surface area contributed by atoms with Gasteiger partial charge in [-0.2, -0.15) is 0 Å². The van der Waals surface area contributed by atoms with Gasteiger partial charge in [-0.05, 0) is 31.2 Å². The first kappa shape index (κ1) is 16.8. The highest BCUT2D eigenvalue weighted by Crippen LogP contribution is 2.18. The summed E-state index contributed by atoms with van der Waals surface area (Å²) in [6, 6.07) is 15.0. The second-order valence-corrected chi connectivity index (χ2v) is 6.08. The Morgan fingerprint density at radius 2 is 1.89 bits per heavy atom. The van der Waals surface area contributed by atoms with Crippen LogP contribution in [0.25, 0.3) is 16.8 Å². The minimum atomic E-state index is -0.236. The van der Waals surface area contributed by atoms with E-state index in [0.717, 1.165) is 11.2 Å². The van der Waals surface area contributed by atoms with Gasteiger partial charge in [0.15, 0.2) is 5.76 Å². The van der Waals surface area contributed by atoms with Crippen LogP contribution in [0.1, 0.15) is 16.4 Å². The molecule has 0 spiro atoms. The molecule has 0 aliphatic carbocycles. The Kier molecular flexibility index (Phi) is 4.57. The first-order valence-corrected chi connectivity index (χ1v) is 8.69. The lowest BCUT2D eigenvalue weighted by molar-refractivity contribution is 0.0929. The van der Waals surface area contributed by atoms with Crippen LogP contribution in [-0.4, -0.2) is 33.5 Å². The molecule has 4 aromatic rings. The van der Waals surface area contributed by atoms with Crippen LogP contribution >= 0.6 is 0 Å². The maximum absolute atomic E-state index is 12.2. The summed E-state index contributed by atoms with van der Waals surface area (Å²) in [7, 11) is 0. The van der Waals surface area contributed by atoms with Gasteiger partial charge >= 0.3 is 0 Å². The second-order valence-electron chi connectivity index (χ2n) is 6.08. The summed E-state index contributed by atoms with van der Waals surface area (Å²) in [5.41, 5.74) is 0.703. The highest BCUT2D eigenvalue weighted by molar-refractivity contribution is 5.96. The zero-order chi connectivity index (χ0) is 18.6. The Hall–Kier alpha value is -3.61. The highest BCUT2D eigenvalue weighted by atomic mass is 16.3. The first-order chi connectivity index (χ1) is 13.2.